The van der Waals surface area contributed by atoms with Crippen LogP contribution in [-0.2, 0) is 18.9 Å². The van der Waals surface area contributed by atoms with Gasteiger partial charge in [-0.3, -0.25) is 0 Å². The highest BCUT2D eigenvalue weighted by molar-refractivity contribution is 5.34. The van der Waals surface area contributed by atoms with Crippen molar-refractivity contribution in [1.29, 1.82) is 0 Å². The molecule has 19 atom stereocenters. The van der Waals surface area contributed by atoms with Gasteiger partial charge in [0.2, 0.25) is 0 Å². The first-order chi connectivity index (χ1) is 24.3. The lowest BCUT2D eigenvalue weighted by Gasteiger charge is -2.72. The number of ether oxygens (including phenoxy) is 4. The lowest BCUT2D eigenvalue weighted by molar-refractivity contribution is -0.325. The van der Waals surface area contributed by atoms with Gasteiger partial charge < -0.3 is 59.8 Å². The molecule has 298 valence electrons. The number of fused-ring (bicyclic) bond motifs is 7. The number of hydrogen-bond donors (Lipinski definition) is 8. The van der Waals surface area contributed by atoms with Gasteiger partial charge in [0.05, 0.1) is 32.0 Å². The van der Waals surface area contributed by atoms with Crippen LogP contribution in [0.15, 0.2) is 11.6 Å². The van der Waals surface area contributed by atoms with Crippen molar-refractivity contribution in [2.24, 2.45) is 50.2 Å². The Hall–Kier alpha value is -0.740. The van der Waals surface area contributed by atoms with Crippen molar-refractivity contribution < 1.29 is 59.8 Å². The Morgan fingerprint density at radius 3 is 2.00 bits per heavy atom. The summed E-state index contributed by atoms with van der Waals surface area (Å²) < 4.78 is 24.3. The summed E-state index contributed by atoms with van der Waals surface area (Å²) in [5.41, 5.74) is -0.0466. The maximum absolute atomic E-state index is 11.6. The van der Waals surface area contributed by atoms with Gasteiger partial charge >= 0.3 is 0 Å². The molecule has 2 saturated heterocycles. The van der Waals surface area contributed by atoms with E-state index in [1.165, 1.54) is 5.57 Å². The molecule has 4 saturated carbocycles. The van der Waals surface area contributed by atoms with Crippen molar-refractivity contribution in [2.75, 3.05) is 26.4 Å². The van der Waals surface area contributed by atoms with E-state index in [1.54, 1.807) is 0 Å². The van der Waals surface area contributed by atoms with E-state index in [0.717, 1.165) is 44.9 Å². The van der Waals surface area contributed by atoms with Gasteiger partial charge in [0, 0.05) is 17.4 Å². The molecule has 0 radical (unpaired) electrons. The van der Waals surface area contributed by atoms with E-state index in [1.807, 2.05) is 0 Å². The number of rotatable bonds is 6. The first kappa shape index (κ1) is 39.5. The third kappa shape index (κ3) is 5.75. The molecule has 19 unspecified atom stereocenters. The second-order valence-electron chi connectivity index (χ2n) is 19.7. The van der Waals surface area contributed by atoms with Gasteiger partial charge in [-0.25, -0.2) is 0 Å². The minimum Gasteiger partial charge on any atom is -0.396 e. The molecule has 6 fully saturated rings. The Morgan fingerprint density at radius 2 is 1.35 bits per heavy atom. The topological polar surface area (TPSA) is 199 Å². The van der Waals surface area contributed by atoms with Crippen LogP contribution in [0, 0.1) is 50.2 Å². The molecule has 0 aromatic rings. The Bertz CT molecular complexity index is 1360. The van der Waals surface area contributed by atoms with Crippen LogP contribution in [0.4, 0.5) is 0 Å². The Morgan fingerprint density at radius 1 is 0.712 bits per heavy atom. The highest BCUT2D eigenvalue weighted by atomic mass is 16.7. The third-order valence-corrected chi connectivity index (χ3v) is 16.9. The van der Waals surface area contributed by atoms with Crippen LogP contribution in [0.1, 0.15) is 99.3 Å². The molecular weight excluding hydrogens is 672 g/mol. The minimum atomic E-state index is -1.44. The normalized spacial score (nSPS) is 57.9. The van der Waals surface area contributed by atoms with Crippen LogP contribution >= 0.6 is 0 Å². The fraction of sp³-hybridized carbons (Fsp3) is 0.950. The second kappa shape index (κ2) is 13.4. The number of aliphatic hydroxyl groups excluding tert-OH is 8. The van der Waals surface area contributed by atoms with E-state index in [0.29, 0.717) is 18.8 Å². The molecule has 12 heteroatoms. The van der Waals surface area contributed by atoms with Crippen LogP contribution in [0.3, 0.4) is 0 Å². The van der Waals surface area contributed by atoms with E-state index in [-0.39, 0.29) is 65.3 Å². The molecule has 2 aliphatic heterocycles. The highest BCUT2D eigenvalue weighted by Gasteiger charge is 2.70. The number of aliphatic hydroxyl groups is 8. The molecule has 7 aliphatic rings. The minimum absolute atomic E-state index is 0.0387. The standard InChI is InChI=1S/C40H66O12/c1-35(19-41)15-22-21-7-8-26-37(3)11-10-28(52-34-32(48)30(46)24(43)18-50-34)38(4,20-51-33-31(47)29(45)23(42)17-49-33)25(37)9-12-40(26,6)39(21,5)14-13-36(22,2)27(44)16-35/h7,22-34,41-48H,8-20H2,1-6H3. The van der Waals surface area contributed by atoms with Gasteiger partial charge in [-0.1, -0.05) is 53.2 Å². The van der Waals surface area contributed by atoms with Crippen molar-refractivity contribution in [3.63, 3.8) is 0 Å². The Kier molecular flexibility index (Phi) is 10.2. The second-order valence-corrected chi connectivity index (χ2v) is 19.7. The first-order valence-corrected chi connectivity index (χ1v) is 19.9. The predicted molar refractivity (Wildman–Crippen MR) is 188 cm³/mol. The highest BCUT2D eigenvalue weighted by Crippen LogP contribution is 2.76. The summed E-state index contributed by atoms with van der Waals surface area (Å²) in [5, 5.41) is 84.7. The lowest BCUT2D eigenvalue weighted by atomic mass is 9.33. The Labute approximate surface area is 308 Å². The average Bonchev–Trinajstić information content (AvgIpc) is 3.09. The van der Waals surface area contributed by atoms with Crippen molar-refractivity contribution in [3.05, 3.63) is 11.6 Å². The Balaban J connectivity index is 1.21. The van der Waals surface area contributed by atoms with Crippen LogP contribution < -0.4 is 0 Å². The zero-order valence-corrected chi connectivity index (χ0v) is 32.0. The van der Waals surface area contributed by atoms with Crippen LogP contribution in [0.25, 0.3) is 0 Å². The van der Waals surface area contributed by atoms with Crippen molar-refractivity contribution in [3.8, 4) is 0 Å². The maximum atomic E-state index is 11.6. The number of hydrogen-bond acceptors (Lipinski definition) is 12. The van der Waals surface area contributed by atoms with E-state index in [4.69, 9.17) is 18.9 Å². The molecule has 0 aromatic heterocycles. The van der Waals surface area contributed by atoms with Gasteiger partial charge in [0.1, 0.15) is 36.6 Å². The van der Waals surface area contributed by atoms with E-state index in [2.05, 4.69) is 47.6 Å². The summed E-state index contributed by atoms with van der Waals surface area (Å²) in [6.07, 6.45) is -1.28. The smallest absolute Gasteiger partial charge is 0.186 e. The van der Waals surface area contributed by atoms with Gasteiger partial charge in [-0.2, -0.15) is 0 Å². The SMILES string of the molecule is CC1(CO)CC(O)C2(C)CCC3(C)C(=CCC4C5(C)CCC(OC6OCC(O)C(O)C6O)C(C)(COC6OCC(O)C(O)C6O)C5CCC43C)C2C1. The molecule has 2 heterocycles. The summed E-state index contributed by atoms with van der Waals surface area (Å²) in [4.78, 5) is 0. The summed E-state index contributed by atoms with van der Waals surface area (Å²) in [5.74, 6) is 0.590. The first-order valence-electron chi connectivity index (χ1n) is 19.9. The van der Waals surface area contributed by atoms with E-state index in [9.17, 15) is 40.9 Å². The van der Waals surface area contributed by atoms with Crippen LogP contribution in [0.2, 0.25) is 0 Å². The summed E-state index contributed by atoms with van der Waals surface area (Å²) in [6.45, 7) is 13.7. The quantitative estimate of drug-likeness (QED) is 0.146. The average molecular weight is 739 g/mol. The zero-order chi connectivity index (χ0) is 37.8. The van der Waals surface area contributed by atoms with Gasteiger partial charge in [-0.05, 0) is 97.2 Å². The fourth-order valence-electron chi connectivity index (χ4n) is 13.2. The third-order valence-electron chi connectivity index (χ3n) is 16.9. The predicted octanol–water partition coefficient (Wildman–Crippen LogP) is 2.01. The van der Waals surface area contributed by atoms with Crippen LogP contribution in [-0.4, -0.2) is 129 Å². The monoisotopic (exact) mass is 738 g/mol. The number of allylic oxidation sites excluding steroid dienone is 2. The van der Waals surface area contributed by atoms with Gasteiger partial charge in [-0.15, -0.1) is 0 Å². The zero-order valence-electron chi connectivity index (χ0n) is 32.0. The van der Waals surface area contributed by atoms with Crippen molar-refractivity contribution in [2.45, 2.75) is 161 Å². The molecule has 52 heavy (non-hydrogen) atoms. The molecular formula is C40H66O12. The van der Waals surface area contributed by atoms with Gasteiger partial charge in [0.15, 0.2) is 12.6 Å². The summed E-state index contributed by atoms with van der Waals surface area (Å²) in [6, 6.07) is 0. The summed E-state index contributed by atoms with van der Waals surface area (Å²) >= 11 is 0. The van der Waals surface area contributed by atoms with Crippen molar-refractivity contribution in [1.82, 2.24) is 0 Å². The molecule has 0 aromatic carbocycles. The molecule has 7 rings (SSSR count). The lowest BCUT2D eigenvalue weighted by Crippen LogP contribution is -2.67. The molecule has 8 N–H and O–H groups in total. The van der Waals surface area contributed by atoms with Gasteiger partial charge in [0.25, 0.3) is 0 Å². The van der Waals surface area contributed by atoms with Crippen LogP contribution in [0.5, 0.6) is 0 Å². The fourth-order valence-corrected chi connectivity index (χ4v) is 13.2. The van der Waals surface area contributed by atoms with E-state index >= 15 is 0 Å². The van der Waals surface area contributed by atoms with E-state index < -0.39 is 66.8 Å². The summed E-state index contributed by atoms with van der Waals surface area (Å²) in [7, 11) is 0. The van der Waals surface area contributed by atoms with Crippen molar-refractivity contribution >= 4 is 0 Å². The maximum Gasteiger partial charge on any atom is 0.186 e. The molecule has 0 amide bonds. The molecule has 5 aliphatic carbocycles. The molecule has 0 spiro atoms. The molecule has 0 bridgehead atoms. The molecule has 12 nitrogen and oxygen atoms in total. The largest absolute Gasteiger partial charge is 0.396 e.